The van der Waals surface area contributed by atoms with Gasteiger partial charge in [0.2, 0.25) is 0 Å². The minimum Gasteiger partial charge on any atom is -0.384 e. The number of aliphatic hydroxyl groups is 1. The average Bonchev–Trinajstić information content (AvgIpc) is 3.31. The van der Waals surface area contributed by atoms with Crippen LogP contribution >= 0.6 is 11.6 Å². The molecule has 1 unspecified atom stereocenters. The van der Waals surface area contributed by atoms with Gasteiger partial charge in [-0.25, -0.2) is 9.78 Å². The molecule has 7 heteroatoms. The van der Waals surface area contributed by atoms with Crippen molar-refractivity contribution in [3.63, 3.8) is 0 Å². The Morgan fingerprint density at radius 2 is 2.29 bits per heavy atom. The van der Waals surface area contributed by atoms with Crippen LogP contribution in [0.3, 0.4) is 0 Å². The third kappa shape index (κ3) is 3.34. The topological polar surface area (TPSA) is 81.3 Å². The summed E-state index contributed by atoms with van der Waals surface area (Å²) in [5.74, 6) is 0. The van der Waals surface area contributed by atoms with Crippen LogP contribution in [0.15, 0.2) is 36.7 Å². The second kappa shape index (κ2) is 7.81. The van der Waals surface area contributed by atoms with Crippen molar-refractivity contribution in [2.75, 3.05) is 18.0 Å². The van der Waals surface area contributed by atoms with Gasteiger partial charge in [-0.05, 0) is 36.1 Å². The fourth-order valence-corrected chi connectivity index (χ4v) is 3.95. The molecule has 0 saturated carbocycles. The zero-order chi connectivity index (χ0) is 19.7. The van der Waals surface area contributed by atoms with E-state index in [0.717, 1.165) is 40.6 Å². The van der Waals surface area contributed by atoms with Crippen LogP contribution in [0.2, 0.25) is 5.02 Å². The molecule has 3 N–H and O–H groups in total. The van der Waals surface area contributed by atoms with E-state index in [9.17, 15) is 9.90 Å². The Bertz CT molecular complexity index is 1020. The van der Waals surface area contributed by atoms with Crippen molar-refractivity contribution in [2.45, 2.75) is 32.3 Å². The van der Waals surface area contributed by atoms with E-state index in [0.29, 0.717) is 30.2 Å². The lowest BCUT2D eigenvalue weighted by atomic mass is 9.95. The number of pyridine rings is 1. The summed E-state index contributed by atoms with van der Waals surface area (Å²) in [4.78, 5) is 21.6. The summed E-state index contributed by atoms with van der Waals surface area (Å²) in [6.45, 7) is 3.38. The first-order chi connectivity index (χ1) is 13.6. The quantitative estimate of drug-likeness (QED) is 0.564. The maximum atomic E-state index is 12.5. The monoisotopic (exact) mass is 398 g/mol. The lowest BCUT2D eigenvalue weighted by molar-refractivity contribution is 0.221. The molecular weight excluding hydrogens is 376 g/mol. The highest BCUT2D eigenvalue weighted by molar-refractivity contribution is 6.31. The first kappa shape index (κ1) is 18.8. The van der Waals surface area contributed by atoms with E-state index in [4.69, 9.17) is 11.6 Å². The van der Waals surface area contributed by atoms with Crippen LogP contribution in [-0.4, -0.2) is 34.2 Å². The second-order valence-electron chi connectivity index (χ2n) is 7.03. The van der Waals surface area contributed by atoms with Crippen molar-refractivity contribution < 1.29 is 9.90 Å². The van der Waals surface area contributed by atoms with Gasteiger partial charge in [0, 0.05) is 42.1 Å². The van der Waals surface area contributed by atoms with Crippen LogP contribution in [0.5, 0.6) is 0 Å². The molecule has 1 aliphatic rings. The number of unbranched alkanes of at least 4 members (excludes halogenated alkanes) is 1. The zero-order valence-electron chi connectivity index (χ0n) is 15.7. The third-order valence-electron chi connectivity index (χ3n) is 5.23. The average molecular weight is 399 g/mol. The summed E-state index contributed by atoms with van der Waals surface area (Å²) in [5.41, 5.74) is 4.08. The Kier molecular flexibility index (Phi) is 5.24. The maximum Gasteiger partial charge on any atom is 0.321 e. The molecular formula is C21H23ClN4O2. The number of carbonyl (C=O) groups is 1. The number of nitrogens with one attached hydrogen (secondary N) is 2. The van der Waals surface area contributed by atoms with Gasteiger partial charge in [0.1, 0.15) is 11.8 Å². The molecule has 1 atom stereocenters. The molecule has 2 aromatic heterocycles. The van der Waals surface area contributed by atoms with Crippen molar-refractivity contribution in [1.29, 1.82) is 0 Å². The van der Waals surface area contributed by atoms with Crippen LogP contribution in [0.1, 0.15) is 42.6 Å². The van der Waals surface area contributed by atoms with E-state index in [2.05, 4.69) is 22.2 Å². The SMILES string of the molecule is CCCCNC(=O)N1CCc2c(C(O)c3c[nH]c4ncc(Cl)cc34)cccc21. The minimum atomic E-state index is -0.827. The summed E-state index contributed by atoms with van der Waals surface area (Å²) in [6.07, 6.45) is 5.23. The molecule has 28 heavy (non-hydrogen) atoms. The zero-order valence-corrected chi connectivity index (χ0v) is 16.5. The molecule has 146 valence electrons. The lowest BCUT2D eigenvalue weighted by Crippen LogP contribution is -2.39. The van der Waals surface area contributed by atoms with Gasteiger partial charge in [-0.3, -0.25) is 4.90 Å². The molecule has 4 rings (SSSR count). The number of nitrogens with zero attached hydrogens (tertiary/aromatic N) is 2. The maximum absolute atomic E-state index is 12.5. The highest BCUT2D eigenvalue weighted by atomic mass is 35.5. The molecule has 3 aromatic rings. The highest BCUT2D eigenvalue weighted by Crippen LogP contribution is 2.37. The molecule has 0 aliphatic carbocycles. The number of aromatic nitrogens is 2. The number of hydrogen-bond acceptors (Lipinski definition) is 3. The smallest absolute Gasteiger partial charge is 0.321 e. The molecule has 0 saturated heterocycles. The van der Waals surface area contributed by atoms with Gasteiger partial charge in [0.25, 0.3) is 0 Å². The van der Waals surface area contributed by atoms with Gasteiger partial charge in [-0.15, -0.1) is 0 Å². The van der Waals surface area contributed by atoms with Crippen LogP contribution in [0.4, 0.5) is 10.5 Å². The number of carbonyl (C=O) groups excluding carboxylic acids is 1. The third-order valence-corrected chi connectivity index (χ3v) is 5.44. The van der Waals surface area contributed by atoms with Crippen molar-refractivity contribution in [3.8, 4) is 0 Å². The standard InChI is InChI=1S/C21H23ClN4O2/c1-2-3-8-23-21(28)26-9-7-14-15(5-4-6-18(14)26)19(27)17-12-25-20-16(17)10-13(22)11-24-20/h4-6,10-12,19,27H,2-3,7-9H2,1H3,(H,23,28)(H,24,25). The molecule has 3 heterocycles. The summed E-state index contributed by atoms with van der Waals surface area (Å²) in [7, 11) is 0. The number of amides is 2. The number of urea groups is 1. The highest BCUT2D eigenvalue weighted by Gasteiger charge is 2.29. The van der Waals surface area contributed by atoms with E-state index in [1.807, 2.05) is 18.2 Å². The Morgan fingerprint density at radius 3 is 3.11 bits per heavy atom. The summed E-state index contributed by atoms with van der Waals surface area (Å²) in [5, 5.41) is 15.4. The van der Waals surface area contributed by atoms with E-state index in [1.54, 1.807) is 23.4 Å². The number of H-pyrrole nitrogens is 1. The van der Waals surface area contributed by atoms with Gasteiger partial charge < -0.3 is 15.4 Å². The second-order valence-corrected chi connectivity index (χ2v) is 7.46. The predicted molar refractivity (Wildman–Crippen MR) is 111 cm³/mol. The Hall–Kier alpha value is -2.57. The molecule has 0 spiro atoms. The molecule has 0 bridgehead atoms. The van der Waals surface area contributed by atoms with Crippen molar-refractivity contribution in [3.05, 3.63) is 58.4 Å². The number of hydrogen-bond donors (Lipinski definition) is 3. The van der Waals surface area contributed by atoms with Crippen LogP contribution in [-0.2, 0) is 6.42 Å². The van der Waals surface area contributed by atoms with E-state index in [1.165, 1.54) is 0 Å². The first-order valence-electron chi connectivity index (χ1n) is 9.58. The number of benzene rings is 1. The van der Waals surface area contributed by atoms with Crippen molar-refractivity contribution >= 4 is 34.4 Å². The van der Waals surface area contributed by atoms with Crippen LogP contribution in [0.25, 0.3) is 11.0 Å². The van der Waals surface area contributed by atoms with Crippen molar-refractivity contribution in [1.82, 2.24) is 15.3 Å². The van der Waals surface area contributed by atoms with E-state index in [-0.39, 0.29) is 6.03 Å². The molecule has 6 nitrogen and oxygen atoms in total. The molecule has 2 amide bonds. The molecule has 0 radical (unpaired) electrons. The first-order valence-corrected chi connectivity index (χ1v) is 9.95. The summed E-state index contributed by atoms with van der Waals surface area (Å²) in [6, 6.07) is 7.46. The minimum absolute atomic E-state index is 0.0816. The van der Waals surface area contributed by atoms with Gasteiger partial charge in [-0.2, -0.15) is 0 Å². The molecule has 1 aromatic carbocycles. The lowest BCUT2D eigenvalue weighted by Gasteiger charge is -2.19. The number of rotatable bonds is 5. The molecule has 0 fully saturated rings. The number of aromatic amines is 1. The summed E-state index contributed by atoms with van der Waals surface area (Å²) < 4.78 is 0. The Labute approximate surface area is 168 Å². The predicted octanol–water partition coefficient (Wildman–Crippen LogP) is 4.17. The van der Waals surface area contributed by atoms with Gasteiger partial charge in [-0.1, -0.05) is 37.1 Å². The number of aliphatic hydroxyl groups excluding tert-OH is 1. The van der Waals surface area contributed by atoms with E-state index >= 15 is 0 Å². The van der Waals surface area contributed by atoms with Gasteiger partial charge in [0.15, 0.2) is 0 Å². The summed E-state index contributed by atoms with van der Waals surface area (Å²) >= 11 is 6.09. The normalized spacial score (nSPS) is 14.3. The van der Waals surface area contributed by atoms with Crippen LogP contribution in [0, 0.1) is 0 Å². The fraction of sp³-hybridized carbons (Fsp3) is 0.333. The molecule has 1 aliphatic heterocycles. The van der Waals surface area contributed by atoms with Crippen LogP contribution < -0.4 is 10.2 Å². The van der Waals surface area contributed by atoms with E-state index < -0.39 is 6.10 Å². The van der Waals surface area contributed by atoms with Gasteiger partial charge >= 0.3 is 6.03 Å². The number of halogens is 1. The largest absolute Gasteiger partial charge is 0.384 e. The Balaban J connectivity index is 1.65. The number of anilines is 1. The fourth-order valence-electron chi connectivity index (χ4n) is 3.79. The number of fused-ring (bicyclic) bond motifs is 2. The van der Waals surface area contributed by atoms with Gasteiger partial charge in [0.05, 0.1) is 5.02 Å². The Morgan fingerprint density at radius 1 is 1.43 bits per heavy atom. The van der Waals surface area contributed by atoms with Crippen molar-refractivity contribution in [2.24, 2.45) is 0 Å².